The first kappa shape index (κ1) is 12.7. The van der Waals surface area contributed by atoms with Crippen LogP contribution in [0.15, 0.2) is 34.9 Å². The summed E-state index contributed by atoms with van der Waals surface area (Å²) in [7, 11) is 0. The van der Waals surface area contributed by atoms with E-state index in [1.54, 1.807) is 6.26 Å². The van der Waals surface area contributed by atoms with Gasteiger partial charge in [-0.1, -0.05) is 0 Å². The molecule has 2 atom stereocenters. The van der Waals surface area contributed by atoms with Gasteiger partial charge in [-0.3, -0.25) is 0 Å². The minimum absolute atomic E-state index is 0.146. The Morgan fingerprint density at radius 1 is 1.41 bits per heavy atom. The predicted octanol–water partition coefficient (Wildman–Crippen LogP) is 3.97. The molecule has 0 aliphatic heterocycles. The Bertz CT molecular complexity index is 448. The van der Waals surface area contributed by atoms with Gasteiger partial charge in [-0.15, -0.1) is 23.1 Å². The Morgan fingerprint density at radius 3 is 2.76 bits per heavy atom. The van der Waals surface area contributed by atoms with Gasteiger partial charge in [-0.25, -0.2) is 0 Å². The SMILES string of the molecule is Cc1ccc(C(SCc2ccco2)C(C)N)s1. The molecule has 0 amide bonds. The van der Waals surface area contributed by atoms with Crippen molar-refractivity contribution in [2.45, 2.75) is 30.9 Å². The van der Waals surface area contributed by atoms with Crippen molar-refractivity contribution >= 4 is 23.1 Å². The highest BCUT2D eigenvalue weighted by molar-refractivity contribution is 7.98. The van der Waals surface area contributed by atoms with E-state index in [4.69, 9.17) is 10.2 Å². The van der Waals surface area contributed by atoms with Crippen LogP contribution in [0.1, 0.15) is 27.7 Å². The highest BCUT2D eigenvalue weighted by atomic mass is 32.2. The summed E-state index contributed by atoms with van der Waals surface area (Å²) in [5.74, 6) is 1.88. The topological polar surface area (TPSA) is 39.2 Å². The second-order valence-corrected chi connectivity index (χ2v) is 6.57. The smallest absolute Gasteiger partial charge is 0.113 e. The number of nitrogens with two attached hydrogens (primary N) is 1. The maximum atomic E-state index is 6.07. The number of furan rings is 1. The second-order valence-electron chi connectivity index (χ2n) is 4.12. The molecule has 0 bridgehead atoms. The van der Waals surface area contributed by atoms with Crippen molar-refractivity contribution in [3.8, 4) is 0 Å². The van der Waals surface area contributed by atoms with Crippen molar-refractivity contribution in [1.82, 2.24) is 0 Å². The van der Waals surface area contributed by atoms with Crippen LogP contribution in [0.2, 0.25) is 0 Å². The molecule has 92 valence electrons. The highest BCUT2D eigenvalue weighted by Crippen LogP contribution is 2.37. The van der Waals surface area contributed by atoms with Crippen molar-refractivity contribution in [2.75, 3.05) is 0 Å². The van der Waals surface area contributed by atoms with E-state index in [-0.39, 0.29) is 6.04 Å². The zero-order chi connectivity index (χ0) is 12.3. The lowest BCUT2D eigenvalue weighted by molar-refractivity contribution is 0.530. The quantitative estimate of drug-likeness (QED) is 0.891. The fourth-order valence-corrected chi connectivity index (χ4v) is 4.04. The molecule has 17 heavy (non-hydrogen) atoms. The normalized spacial score (nSPS) is 14.8. The number of aryl methyl sites for hydroxylation is 1. The van der Waals surface area contributed by atoms with Crippen molar-refractivity contribution < 1.29 is 4.42 Å². The number of hydrogen-bond donors (Lipinski definition) is 1. The molecule has 4 heteroatoms. The van der Waals surface area contributed by atoms with Crippen molar-refractivity contribution in [1.29, 1.82) is 0 Å². The molecule has 2 rings (SSSR count). The van der Waals surface area contributed by atoms with Crippen LogP contribution in [0.4, 0.5) is 0 Å². The van der Waals surface area contributed by atoms with Gasteiger partial charge in [0.05, 0.1) is 17.3 Å². The van der Waals surface area contributed by atoms with Crippen molar-refractivity contribution in [2.24, 2.45) is 5.73 Å². The molecule has 0 saturated carbocycles. The van der Waals surface area contributed by atoms with Crippen LogP contribution in [0, 0.1) is 6.92 Å². The molecule has 0 radical (unpaired) electrons. The lowest BCUT2D eigenvalue weighted by Crippen LogP contribution is -2.22. The van der Waals surface area contributed by atoms with E-state index in [0.29, 0.717) is 5.25 Å². The minimum atomic E-state index is 0.146. The summed E-state index contributed by atoms with van der Waals surface area (Å²) < 4.78 is 5.35. The standard InChI is InChI=1S/C13H17NOS2/c1-9-5-6-12(17-9)13(10(2)14)16-8-11-4-3-7-15-11/h3-7,10,13H,8,14H2,1-2H3. The Labute approximate surface area is 110 Å². The van der Waals surface area contributed by atoms with E-state index in [9.17, 15) is 0 Å². The molecule has 2 aromatic heterocycles. The molecule has 2 unspecified atom stereocenters. The molecule has 2 nitrogen and oxygen atoms in total. The predicted molar refractivity (Wildman–Crippen MR) is 75.4 cm³/mol. The summed E-state index contributed by atoms with van der Waals surface area (Å²) in [5.41, 5.74) is 6.07. The van der Waals surface area contributed by atoms with E-state index in [1.165, 1.54) is 9.75 Å². The molecule has 0 saturated heterocycles. The van der Waals surface area contributed by atoms with Gasteiger partial charge in [0.1, 0.15) is 5.76 Å². The van der Waals surface area contributed by atoms with Gasteiger partial charge < -0.3 is 10.2 Å². The number of rotatable bonds is 5. The van der Waals surface area contributed by atoms with Crippen LogP contribution < -0.4 is 5.73 Å². The van der Waals surface area contributed by atoms with Crippen LogP contribution in [0.3, 0.4) is 0 Å². The fraction of sp³-hybridized carbons (Fsp3) is 0.385. The first-order chi connectivity index (χ1) is 8.16. The third kappa shape index (κ3) is 3.37. The lowest BCUT2D eigenvalue weighted by atomic mass is 10.2. The Morgan fingerprint density at radius 2 is 2.24 bits per heavy atom. The van der Waals surface area contributed by atoms with Gasteiger partial charge in [0.15, 0.2) is 0 Å². The Kier molecular flexibility index (Phi) is 4.31. The van der Waals surface area contributed by atoms with Gasteiger partial charge in [0.2, 0.25) is 0 Å². The van der Waals surface area contributed by atoms with Crippen LogP contribution in [0.25, 0.3) is 0 Å². The van der Waals surface area contributed by atoms with Gasteiger partial charge in [0.25, 0.3) is 0 Å². The molecule has 2 N–H and O–H groups in total. The summed E-state index contributed by atoms with van der Waals surface area (Å²) >= 11 is 3.68. The third-order valence-corrected chi connectivity index (χ3v) is 5.23. The van der Waals surface area contributed by atoms with Crippen LogP contribution >= 0.6 is 23.1 Å². The van der Waals surface area contributed by atoms with Gasteiger partial charge in [0, 0.05) is 15.8 Å². The van der Waals surface area contributed by atoms with Crippen molar-refractivity contribution in [3.63, 3.8) is 0 Å². The molecule has 0 aliphatic carbocycles. The summed E-state index contributed by atoms with van der Waals surface area (Å²) in [5, 5.41) is 0.346. The molecule has 0 fully saturated rings. The summed E-state index contributed by atoms with van der Waals surface area (Å²) in [6.07, 6.45) is 1.71. The summed E-state index contributed by atoms with van der Waals surface area (Å²) in [6, 6.07) is 8.41. The average molecular weight is 267 g/mol. The lowest BCUT2D eigenvalue weighted by Gasteiger charge is -2.18. The van der Waals surface area contributed by atoms with E-state index in [1.807, 2.05) is 35.2 Å². The maximum absolute atomic E-state index is 6.07. The first-order valence-corrected chi connectivity index (χ1v) is 7.49. The fourth-order valence-electron chi connectivity index (χ4n) is 1.67. The molecule has 0 spiro atoms. The molecule has 2 aromatic rings. The summed E-state index contributed by atoms with van der Waals surface area (Å²) in [4.78, 5) is 2.69. The highest BCUT2D eigenvalue weighted by Gasteiger charge is 2.18. The third-order valence-electron chi connectivity index (χ3n) is 2.50. The summed E-state index contributed by atoms with van der Waals surface area (Å²) in [6.45, 7) is 4.19. The zero-order valence-electron chi connectivity index (χ0n) is 10.1. The number of thioether (sulfide) groups is 1. The molecule has 0 aliphatic rings. The number of hydrogen-bond acceptors (Lipinski definition) is 4. The van der Waals surface area contributed by atoms with Crippen LogP contribution in [-0.2, 0) is 5.75 Å². The van der Waals surface area contributed by atoms with E-state index < -0.39 is 0 Å². The average Bonchev–Trinajstić information content (AvgIpc) is 2.90. The maximum Gasteiger partial charge on any atom is 0.113 e. The van der Waals surface area contributed by atoms with Gasteiger partial charge in [-0.05, 0) is 38.1 Å². The first-order valence-electron chi connectivity index (χ1n) is 5.62. The molecule has 2 heterocycles. The zero-order valence-corrected chi connectivity index (χ0v) is 11.7. The van der Waals surface area contributed by atoms with Gasteiger partial charge in [-0.2, -0.15) is 0 Å². The second kappa shape index (κ2) is 5.76. The largest absolute Gasteiger partial charge is 0.468 e. The molecular formula is C13H17NOS2. The minimum Gasteiger partial charge on any atom is -0.468 e. The molecular weight excluding hydrogens is 250 g/mol. The van der Waals surface area contributed by atoms with Gasteiger partial charge >= 0.3 is 0 Å². The van der Waals surface area contributed by atoms with E-state index in [2.05, 4.69) is 26.0 Å². The Balaban J connectivity index is 2.03. The van der Waals surface area contributed by atoms with Crippen LogP contribution in [-0.4, -0.2) is 6.04 Å². The molecule has 0 aromatic carbocycles. The number of thiophene rings is 1. The monoisotopic (exact) mass is 267 g/mol. The Hall–Kier alpha value is -0.710. The van der Waals surface area contributed by atoms with Crippen LogP contribution in [0.5, 0.6) is 0 Å². The van der Waals surface area contributed by atoms with Crippen molar-refractivity contribution in [3.05, 3.63) is 46.0 Å². The van der Waals surface area contributed by atoms with E-state index >= 15 is 0 Å². The van der Waals surface area contributed by atoms with E-state index in [0.717, 1.165) is 11.5 Å².